The number of aryl methyl sites for hydroxylation is 1. The molecule has 0 atom stereocenters. The average Bonchev–Trinajstić information content (AvgIpc) is 3.26. The van der Waals surface area contributed by atoms with Gasteiger partial charge in [-0.05, 0) is 36.8 Å². The number of nitrogens with one attached hydrogen (secondary N) is 1. The summed E-state index contributed by atoms with van der Waals surface area (Å²) in [6.07, 6.45) is 0.250. The first-order valence-electron chi connectivity index (χ1n) is 8.68. The van der Waals surface area contributed by atoms with Crippen LogP contribution in [0.1, 0.15) is 34.1 Å². The molecule has 0 saturated carbocycles. The number of rotatable bonds is 6. The molecule has 3 rings (SSSR count). The summed E-state index contributed by atoms with van der Waals surface area (Å²) in [5.41, 5.74) is 3.34. The summed E-state index contributed by atoms with van der Waals surface area (Å²) in [6.45, 7) is 5.50. The third-order valence-corrected chi connectivity index (χ3v) is 4.52. The zero-order chi connectivity index (χ0) is 22.3. The summed E-state index contributed by atoms with van der Waals surface area (Å²) < 4.78 is 5.72. The number of carbonyl (C=O) groups excluding carboxylic acids is 4. The Morgan fingerprint density at radius 3 is 2.60 bits per heavy atom. The number of tetrazole rings is 1. The predicted octanol–water partition coefficient (Wildman–Crippen LogP) is 2.26. The van der Waals surface area contributed by atoms with Crippen molar-refractivity contribution in [2.24, 2.45) is 0 Å². The monoisotopic (exact) mass is 475 g/mol. The normalized spacial score (nSPS) is 10.0. The Balaban J connectivity index is 0.00000101. The number of aromatic nitrogens is 5. The van der Waals surface area contributed by atoms with Crippen LogP contribution in [0.2, 0.25) is 0 Å². The third kappa shape index (κ3) is 5.56. The first-order chi connectivity index (χ1) is 14.3. The van der Waals surface area contributed by atoms with Crippen LogP contribution in [0.25, 0.3) is 11.5 Å². The van der Waals surface area contributed by atoms with Crippen molar-refractivity contribution in [3.05, 3.63) is 51.1 Å². The van der Waals surface area contributed by atoms with Crippen molar-refractivity contribution >= 4 is 33.8 Å². The molecule has 0 spiro atoms. The second kappa shape index (κ2) is 10.4. The van der Waals surface area contributed by atoms with Gasteiger partial charge in [-0.1, -0.05) is 28.1 Å². The molecule has 1 N–H and O–H groups in total. The highest BCUT2D eigenvalue weighted by atomic mass is 79.9. The second-order valence-corrected chi connectivity index (χ2v) is 7.01. The van der Waals surface area contributed by atoms with Gasteiger partial charge >= 0.3 is 12.1 Å². The Hall–Kier alpha value is -3.43. The molecule has 10 nitrogen and oxygen atoms in total. The Bertz CT molecular complexity index is 1100. The lowest BCUT2D eigenvalue weighted by molar-refractivity contribution is -0.191. The summed E-state index contributed by atoms with van der Waals surface area (Å²) in [7, 11) is 0. The zero-order valence-corrected chi connectivity index (χ0v) is 18.0. The summed E-state index contributed by atoms with van der Waals surface area (Å²) >= 11 is 3.39. The van der Waals surface area contributed by atoms with Crippen molar-refractivity contribution < 1.29 is 23.9 Å². The molecule has 0 aliphatic heterocycles. The number of hydrogen-bond donors (Lipinski definition) is 1. The molecule has 2 aromatic heterocycles. The number of benzene rings is 1. The highest BCUT2D eigenvalue weighted by Crippen LogP contribution is 2.27. The summed E-state index contributed by atoms with van der Waals surface area (Å²) in [6, 6.07) is 7.27. The number of H-pyrrole nitrogens is 1. The van der Waals surface area contributed by atoms with E-state index in [0.29, 0.717) is 29.2 Å². The standard InChI is InChI=1S/C18H18BrN5O3.CO2/c1-10-15(17(26)13-5-4-6-14(19)9-13)11(2)20-16(10)18-21-23-24(22-18)7-8-27-12(3)25;2-1-3/h4-6,9,20H,7-8H2,1-3H3;. The van der Waals surface area contributed by atoms with Gasteiger partial charge in [-0.25, -0.2) is 0 Å². The molecule has 0 unspecified atom stereocenters. The fourth-order valence-electron chi connectivity index (χ4n) is 2.80. The number of ketones is 1. The largest absolute Gasteiger partial charge is 0.464 e. The maximum absolute atomic E-state index is 12.9. The molecule has 0 radical (unpaired) electrons. The number of esters is 1. The quantitative estimate of drug-likeness (QED) is 0.423. The van der Waals surface area contributed by atoms with Crippen molar-refractivity contribution in [3.8, 4) is 11.5 Å². The van der Waals surface area contributed by atoms with Crippen LogP contribution >= 0.6 is 15.9 Å². The van der Waals surface area contributed by atoms with E-state index in [1.54, 1.807) is 12.1 Å². The Morgan fingerprint density at radius 2 is 1.97 bits per heavy atom. The van der Waals surface area contributed by atoms with Gasteiger partial charge in [0.05, 0.1) is 12.2 Å². The van der Waals surface area contributed by atoms with E-state index in [0.717, 1.165) is 15.7 Å². The predicted molar refractivity (Wildman–Crippen MR) is 106 cm³/mol. The van der Waals surface area contributed by atoms with E-state index in [1.807, 2.05) is 26.0 Å². The van der Waals surface area contributed by atoms with Crippen LogP contribution in [0.15, 0.2) is 28.7 Å². The summed E-state index contributed by atoms with van der Waals surface area (Å²) in [4.78, 5) is 44.6. The molecule has 2 heterocycles. The van der Waals surface area contributed by atoms with Gasteiger partial charge in [-0.3, -0.25) is 9.59 Å². The Kier molecular flexibility index (Phi) is 7.90. The molecule has 0 bridgehead atoms. The maximum Gasteiger partial charge on any atom is 0.373 e. The third-order valence-electron chi connectivity index (χ3n) is 4.02. The van der Waals surface area contributed by atoms with Crippen molar-refractivity contribution in [2.75, 3.05) is 6.61 Å². The Morgan fingerprint density at radius 1 is 1.27 bits per heavy atom. The van der Waals surface area contributed by atoms with Crippen molar-refractivity contribution in [1.29, 1.82) is 0 Å². The molecule has 11 heteroatoms. The molecule has 3 aromatic rings. The molecular formula is C19H18BrN5O5. The van der Waals surface area contributed by atoms with E-state index in [-0.39, 0.29) is 24.5 Å². The van der Waals surface area contributed by atoms with Crippen LogP contribution in [0, 0.1) is 13.8 Å². The highest BCUT2D eigenvalue weighted by molar-refractivity contribution is 9.10. The first kappa shape index (κ1) is 22.9. The SMILES string of the molecule is CC(=O)OCCn1nnc(-c2[nH]c(C)c(C(=O)c3cccc(Br)c3)c2C)n1.O=C=O. The number of carbonyl (C=O) groups is 2. The molecular weight excluding hydrogens is 458 g/mol. The van der Waals surface area contributed by atoms with E-state index in [2.05, 4.69) is 36.3 Å². The number of ether oxygens (including phenoxy) is 1. The highest BCUT2D eigenvalue weighted by Gasteiger charge is 2.22. The van der Waals surface area contributed by atoms with Gasteiger partial charge in [-0.2, -0.15) is 14.4 Å². The van der Waals surface area contributed by atoms with Crippen LogP contribution in [0.4, 0.5) is 0 Å². The minimum Gasteiger partial charge on any atom is -0.464 e. The van der Waals surface area contributed by atoms with Crippen molar-refractivity contribution in [1.82, 2.24) is 25.2 Å². The fourth-order valence-corrected chi connectivity index (χ4v) is 3.20. The summed E-state index contributed by atoms with van der Waals surface area (Å²) in [5.74, 6) is -0.0513. The number of aromatic amines is 1. The van der Waals surface area contributed by atoms with Gasteiger partial charge in [0.1, 0.15) is 6.61 Å². The molecule has 0 saturated heterocycles. The molecule has 0 fully saturated rings. The second-order valence-electron chi connectivity index (χ2n) is 6.10. The lowest BCUT2D eigenvalue weighted by Gasteiger charge is -2.03. The lowest BCUT2D eigenvalue weighted by Crippen LogP contribution is -2.11. The van der Waals surface area contributed by atoms with E-state index in [1.165, 1.54) is 11.7 Å². The van der Waals surface area contributed by atoms with Crippen LogP contribution in [0.5, 0.6) is 0 Å². The van der Waals surface area contributed by atoms with Gasteiger partial charge < -0.3 is 9.72 Å². The Labute approximate surface area is 179 Å². The maximum atomic E-state index is 12.9. The molecule has 156 valence electrons. The van der Waals surface area contributed by atoms with Crippen LogP contribution in [-0.2, 0) is 25.7 Å². The van der Waals surface area contributed by atoms with E-state index in [4.69, 9.17) is 14.3 Å². The number of hydrogen-bond acceptors (Lipinski definition) is 8. The summed E-state index contributed by atoms with van der Waals surface area (Å²) in [5, 5.41) is 12.3. The molecule has 0 amide bonds. The van der Waals surface area contributed by atoms with E-state index < -0.39 is 0 Å². The molecule has 0 aliphatic rings. The van der Waals surface area contributed by atoms with Gasteiger partial charge in [-0.15, -0.1) is 10.2 Å². The lowest BCUT2D eigenvalue weighted by atomic mass is 9.99. The minimum absolute atomic E-state index is 0.0731. The molecule has 0 aliphatic carbocycles. The van der Waals surface area contributed by atoms with E-state index in [9.17, 15) is 9.59 Å². The van der Waals surface area contributed by atoms with Gasteiger partial charge in [0.25, 0.3) is 0 Å². The van der Waals surface area contributed by atoms with Crippen LogP contribution in [0.3, 0.4) is 0 Å². The topological polar surface area (TPSA) is 137 Å². The van der Waals surface area contributed by atoms with E-state index >= 15 is 0 Å². The zero-order valence-electron chi connectivity index (χ0n) is 16.4. The number of nitrogens with zero attached hydrogens (tertiary/aromatic N) is 4. The molecule has 30 heavy (non-hydrogen) atoms. The van der Waals surface area contributed by atoms with Gasteiger partial charge in [0.2, 0.25) is 5.82 Å². The van der Waals surface area contributed by atoms with Crippen molar-refractivity contribution in [3.63, 3.8) is 0 Å². The van der Waals surface area contributed by atoms with Crippen LogP contribution < -0.4 is 0 Å². The van der Waals surface area contributed by atoms with Crippen LogP contribution in [-0.4, -0.2) is 49.7 Å². The van der Waals surface area contributed by atoms with Crippen molar-refractivity contribution in [2.45, 2.75) is 27.3 Å². The molecule has 1 aromatic carbocycles. The van der Waals surface area contributed by atoms with Gasteiger partial charge in [0.15, 0.2) is 5.78 Å². The van der Waals surface area contributed by atoms with Gasteiger partial charge in [0, 0.05) is 28.2 Å². The number of halogens is 1. The first-order valence-corrected chi connectivity index (χ1v) is 9.48. The fraction of sp³-hybridized carbons (Fsp3) is 0.263. The smallest absolute Gasteiger partial charge is 0.373 e. The average molecular weight is 476 g/mol. The minimum atomic E-state index is -0.359.